The van der Waals surface area contributed by atoms with Gasteiger partial charge in [0.15, 0.2) is 5.96 Å². The van der Waals surface area contributed by atoms with Gasteiger partial charge in [-0.05, 0) is 46.0 Å². The van der Waals surface area contributed by atoms with Crippen molar-refractivity contribution in [2.24, 2.45) is 10.9 Å². The summed E-state index contributed by atoms with van der Waals surface area (Å²) in [7, 11) is 1.80. The van der Waals surface area contributed by atoms with E-state index < -0.39 is 5.60 Å². The maximum atomic E-state index is 11.8. The van der Waals surface area contributed by atoms with Gasteiger partial charge in [-0.1, -0.05) is 13.8 Å². The van der Waals surface area contributed by atoms with E-state index in [4.69, 9.17) is 4.74 Å². The Bertz CT molecular complexity index is 408. The van der Waals surface area contributed by atoms with Gasteiger partial charge in [-0.3, -0.25) is 4.99 Å². The molecule has 1 saturated heterocycles. The first-order chi connectivity index (χ1) is 10.7. The van der Waals surface area contributed by atoms with Gasteiger partial charge in [0, 0.05) is 26.7 Å². The smallest absolute Gasteiger partial charge is 0.407 e. The van der Waals surface area contributed by atoms with Crippen molar-refractivity contribution in [3.63, 3.8) is 0 Å². The van der Waals surface area contributed by atoms with E-state index in [0.717, 1.165) is 44.4 Å². The molecule has 142 valence electrons. The van der Waals surface area contributed by atoms with Crippen molar-refractivity contribution in [3.8, 4) is 0 Å². The summed E-state index contributed by atoms with van der Waals surface area (Å²) in [5, 5.41) is 6.35. The number of hydrogen-bond donors (Lipinski definition) is 2. The summed E-state index contributed by atoms with van der Waals surface area (Å²) >= 11 is 0. The minimum absolute atomic E-state index is 0. The van der Waals surface area contributed by atoms with Crippen molar-refractivity contribution in [3.05, 3.63) is 0 Å². The predicted octanol–water partition coefficient (Wildman–Crippen LogP) is 3.22. The molecule has 7 heteroatoms. The number of ether oxygens (including phenoxy) is 1. The molecule has 0 aromatic carbocycles. The quantitative estimate of drug-likeness (QED) is 0.290. The van der Waals surface area contributed by atoms with E-state index in [1.807, 2.05) is 20.8 Å². The lowest BCUT2D eigenvalue weighted by molar-refractivity contribution is 0.0507. The minimum Gasteiger partial charge on any atom is -0.444 e. The SMILES string of the molecule is CN=C(NCCCC(C)C)N1CCC(NC(=O)OC(C)(C)C)C1.I. The van der Waals surface area contributed by atoms with E-state index in [1.54, 1.807) is 7.05 Å². The zero-order valence-corrected chi connectivity index (χ0v) is 18.3. The Balaban J connectivity index is 0.00000529. The zero-order chi connectivity index (χ0) is 17.5. The Morgan fingerprint density at radius 2 is 2.04 bits per heavy atom. The molecule has 1 aliphatic heterocycles. The number of halogens is 1. The second kappa shape index (κ2) is 11.0. The highest BCUT2D eigenvalue weighted by molar-refractivity contribution is 14.0. The Morgan fingerprint density at radius 1 is 1.38 bits per heavy atom. The zero-order valence-electron chi connectivity index (χ0n) is 16.0. The molecule has 1 atom stereocenters. The van der Waals surface area contributed by atoms with Gasteiger partial charge in [0.25, 0.3) is 0 Å². The molecule has 0 radical (unpaired) electrons. The third-order valence-corrected chi connectivity index (χ3v) is 3.66. The third-order valence-electron chi connectivity index (χ3n) is 3.66. The van der Waals surface area contributed by atoms with Gasteiger partial charge in [-0.15, -0.1) is 24.0 Å². The highest BCUT2D eigenvalue weighted by Gasteiger charge is 2.27. The molecular weight excluding hydrogens is 419 g/mol. The Morgan fingerprint density at radius 3 is 2.58 bits per heavy atom. The molecule has 1 unspecified atom stereocenters. The van der Waals surface area contributed by atoms with Gasteiger partial charge in [-0.25, -0.2) is 4.79 Å². The number of nitrogens with zero attached hydrogens (tertiary/aromatic N) is 2. The molecule has 1 fully saturated rings. The minimum atomic E-state index is -0.462. The van der Waals surface area contributed by atoms with Crippen molar-refractivity contribution < 1.29 is 9.53 Å². The first kappa shape index (κ1) is 23.3. The number of hydrogen-bond acceptors (Lipinski definition) is 3. The number of aliphatic imine (C=N–C) groups is 1. The molecule has 0 aliphatic carbocycles. The monoisotopic (exact) mass is 454 g/mol. The molecule has 1 aliphatic rings. The maximum Gasteiger partial charge on any atom is 0.407 e. The molecule has 0 saturated carbocycles. The second-order valence-corrected chi connectivity index (χ2v) is 7.59. The molecule has 6 nitrogen and oxygen atoms in total. The summed E-state index contributed by atoms with van der Waals surface area (Å²) < 4.78 is 5.31. The first-order valence-corrected chi connectivity index (χ1v) is 8.66. The fraction of sp³-hybridized carbons (Fsp3) is 0.882. The molecule has 1 rings (SSSR count). The average molecular weight is 454 g/mol. The molecule has 0 spiro atoms. The molecule has 0 bridgehead atoms. The first-order valence-electron chi connectivity index (χ1n) is 8.66. The van der Waals surface area contributed by atoms with E-state index >= 15 is 0 Å². The van der Waals surface area contributed by atoms with Crippen LogP contribution in [0.15, 0.2) is 4.99 Å². The maximum absolute atomic E-state index is 11.8. The lowest BCUT2D eigenvalue weighted by Crippen LogP contribution is -2.44. The number of guanidine groups is 1. The van der Waals surface area contributed by atoms with E-state index in [2.05, 4.69) is 34.4 Å². The van der Waals surface area contributed by atoms with Gasteiger partial charge < -0.3 is 20.3 Å². The summed E-state index contributed by atoms with van der Waals surface area (Å²) in [6.07, 6.45) is 2.92. The topological polar surface area (TPSA) is 66.0 Å². The number of carbonyl (C=O) groups excluding carboxylic acids is 1. The number of alkyl carbamates (subject to hydrolysis) is 1. The molecule has 1 heterocycles. The summed E-state index contributed by atoms with van der Waals surface area (Å²) in [5.74, 6) is 1.65. The van der Waals surface area contributed by atoms with Crippen LogP contribution in [-0.4, -0.2) is 55.3 Å². The van der Waals surface area contributed by atoms with Crippen LogP contribution in [0.2, 0.25) is 0 Å². The van der Waals surface area contributed by atoms with Gasteiger partial charge in [0.2, 0.25) is 0 Å². The lowest BCUT2D eigenvalue weighted by Gasteiger charge is -2.23. The fourth-order valence-corrected chi connectivity index (χ4v) is 2.59. The van der Waals surface area contributed by atoms with E-state index in [0.29, 0.717) is 0 Å². The van der Waals surface area contributed by atoms with Crippen molar-refractivity contribution in [2.45, 2.75) is 65.5 Å². The van der Waals surface area contributed by atoms with Crippen LogP contribution in [0.25, 0.3) is 0 Å². The van der Waals surface area contributed by atoms with Crippen molar-refractivity contribution in [1.29, 1.82) is 0 Å². The van der Waals surface area contributed by atoms with Crippen LogP contribution < -0.4 is 10.6 Å². The number of nitrogens with one attached hydrogen (secondary N) is 2. The molecule has 2 N–H and O–H groups in total. The van der Waals surface area contributed by atoms with Crippen molar-refractivity contribution >= 4 is 36.0 Å². The molecule has 24 heavy (non-hydrogen) atoms. The van der Waals surface area contributed by atoms with Gasteiger partial charge in [0.05, 0.1) is 6.04 Å². The van der Waals surface area contributed by atoms with Crippen molar-refractivity contribution in [2.75, 3.05) is 26.7 Å². The summed E-state index contributed by atoms with van der Waals surface area (Å²) in [5.41, 5.74) is -0.462. The van der Waals surface area contributed by atoms with Crippen LogP contribution in [0.4, 0.5) is 4.79 Å². The highest BCUT2D eigenvalue weighted by Crippen LogP contribution is 2.12. The largest absolute Gasteiger partial charge is 0.444 e. The number of amides is 1. The van der Waals surface area contributed by atoms with Crippen molar-refractivity contribution in [1.82, 2.24) is 15.5 Å². The van der Waals surface area contributed by atoms with E-state index in [1.165, 1.54) is 6.42 Å². The standard InChI is InChI=1S/C17H34N4O2.HI/c1-13(2)8-7-10-19-15(18-6)21-11-9-14(12-21)20-16(22)23-17(3,4)5;/h13-14H,7-12H2,1-6H3,(H,18,19)(H,20,22);1H. The summed E-state index contributed by atoms with van der Waals surface area (Å²) in [6.45, 7) is 12.7. The predicted molar refractivity (Wildman–Crippen MR) is 110 cm³/mol. The number of rotatable bonds is 5. The van der Waals surface area contributed by atoms with Crippen LogP contribution >= 0.6 is 24.0 Å². The number of likely N-dealkylation sites (tertiary alicyclic amines) is 1. The Hall–Kier alpha value is -0.730. The van der Waals surface area contributed by atoms with Crippen LogP contribution in [0.5, 0.6) is 0 Å². The Kier molecular flexibility index (Phi) is 10.7. The molecular formula is C17H35IN4O2. The van der Waals surface area contributed by atoms with Crippen LogP contribution in [-0.2, 0) is 4.74 Å². The van der Waals surface area contributed by atoms with Gasteiger partial charge in [-0.2, -0.15) is 0 Å². The van der Waals surface area contributed by atoms with Crippen LogP contribution in [0, 0.1) is 5.92 Å². The number of carbonyl (C=O) groups is 1. The summed E-state index contributed by atoms with van der Waals surface area (Å²) in [4.78, 5) is 18.4. The van der Waals surface area contributed by atoms with Crippen LogP contribution in [0.3, 0.4) is 0 Å². The second-order valence-electron chi connectivity index (χ2n) is 7.59. The molecule has 0 aromatic heterocycles. The van der Waals surface area contributed by atoms with Gasteiger partial charge >= 0.3 is 6.09 Å². The fourth-order valence-electron chi connectivity index (χ4n) is 2.59. The van der Waals surface area contributed by atoms with E-state index in [9.17, 15) is 4.79 Å². The highest BCUT2D eigenvalue weighted by atomic mass is 127. The lowest BCUT2D eigenvalue weighted by atomic mass is 10.1. The average Bonchev–Trinajstić information content (AvgIpc) is 2.84. The third kappa shape index (κ3) is 9.54. The van der Waals surface area contributed by atoms with Crippen LogP contribution in [0.1, 0.15) is 53.9 Å². The van der Waals surface area contributed by atoms with E-state index in [-0.39, 0.29) is 36.1 Å². The Labute approximate surface area is 164 Å². The summed E-state index contributed by atoms with van der Waals surface area (Å²) in [6, 6.07) is 0.110. The molecule has 1 amide bonds. The normalized spacial score (nSPS) is 18.4. The van der Waals surface area contributed by atoms with Gasteiger partial charge in [0.1, 0.15) is 5.60 Å². The molecule has 0 aromatic rings.